The van der Waals surface area contributed by atoms with Crippen molar-refractivity contribution in [3.63, 3.8) is 0 Å². The number of aryl methyl sites for hydroxylation is 2. The van der Waals surface area contributed by atoms with Gasteiger partial charge in [0.1, 0.15) is 11.2 Å². The number of nitrogens with one attached hydrogen (secondary N) is 1. The minimum atomic E-state index is -0.531. The first-order valence-electron chi connectivity index (χ1n) is 8.46. The van der Waals surface area contributed by atoms with Crippen LogP contribution in [0.15, 0.2) is 20.7 Å². The van der Waals surface area contributed by atoms with Gasteiger partial charge in [0.15, 0.2) is 0 Å². The molecule has 1 aliphatic rings. The number of aromatic amines is 1. The Kier molecular flexibility index (Phi) is 4.14. The molecule has 3 aromatic rings. The molecule has 1 saturated carbocycles. The van der Waals surface area contributed by atoms with Crippen molar-refractivity contribution in [1.29, 1.82) is 0 Å². The highest BCUT2D eigenvalue weighted by molar-refractivity contribution is 7.18. The molecule has 0 saturated heterocycles. The molecule has 10 heteroatoms. The number of halogens is 1. The van der Waals surface area contributed by atoms with Gasteiger partial charge in [-0.1, -0.05) is 0 Å². The second kappa shape index (κ2) is 6.35. The van der Waals surface area contributed by atoms with Gasteiger partial charge in [-0.15, -0.1) is 11.3 Å². The Labute approximate surface area is 150 Å². The van der Waals surface area contributed by atoms with Crippen LogP contribution in [0, 0.1) is 6.92 Å². The van der Waals surface area contributed by atoms with Crippen LogP contribution in [0.3, 0.4) is 0 Å². The topological polar surface area (TPSA) is 94.7 Å². The number of alkyl halides is 1. The summed E-state index contributed by atoms with van der Waals surface area (Å²) in [4.78, 5) is 41.3. The van der Waals surface area contributed by atoms with Gasteiger partial charge in [-0.05, 0) is 31.7 Å². The summed E-state index contributed by atoms with van der Waals surface area (Å²) in [5, 5.41) is 4.43. The Morgan fingerprint density at radius 1 is 1.35 bits per heavy atom. The van der Waals surface area contributed by atoms with Gasteiger partial charge in [-0.2, -0.15) is 5.10 Å². The third-order valence-corrected chi connectivity index (χ3v) is 5.98. The molecule has 8 nitrogen and oxygen atoms in total. The summed E-state index contributed by atoms with van der Waals surface area (Å²) in [7, 11) is 0. The Hall–Kier alpha value is -2.49. The van der Waals surface area contributed by atoms with Crippen LogP contribution >= 0.6 is 11.3 Å². The number of nitrogens with zero attached hydrogens (tertiary/aromatic N) is 4. The minimum Gasteiger partial charge on any atom is -0.295 e. The summed E-state index contributed by atoms with van der Waals surface area (Å²) < 4.78 is 16.8. The molecule has 0 radical (unpaired) electrons. The summed E-state index contributed by atoms with van der Waals surface area (Å²) in [6.45, 7) is 1.72. The maximum absolute atomic E-state index is 13.0. The van der Waals surface area contributed by atoms with E-state index in [0.717, 1.165) is 23.3 Å². The smallest absolute Gasteiger partial charge is 0.295 e. The average molecular weight is 379 g/mol. The number of H-pyrrole nitrogens is 1. The Bertz CT molecular complexity index is 1150. The van der Waals surface area contributed by atoms with Crippen molar-refractivity contribution in [3.8, 4) is 0 Å². The quantitative estimate of drug-likeness (QED) is 0.695. The first-order chi connectivity index (χ1) is 12.5. The fourth-order valence-corrected chi connectivity index (χ4v) is 4.46. The number of fused-ring (bicyclic) bond motifs is 1. The van der Waals surface area contributed by atoms with Gasteiger partial charge in [0.25, 0.3) is 5.56 Å². The molecule has 138 valence electrons. The van der Waals surface area contributed by atoms with Crippen LogP contribution in [0.25, 0.3) is 10.2 Å². The first kappa shape index (κ1) is 17.0. The molecule has 0 aromatic carbocycles. The molecule has 0 bridgehead atoms. The third-order valence-electron chi connectivity index (χ3n) is 4.68. The van der Waals surface area contributed by atoms with Gasteiger partial charge in [-0.3, -0.25) is 23.3 Å². The van der Waals surface area contributed by atoms with E-state index in [2.05, 4.69) is 10.1 Å². The van der Waals surface area contributed by atoms with Crippen molar-refractivity contribution in [2.75, 3.05) is 6.67 Å². The zero-order valence-corrected chi connectivity index (χ0v) is 15.0. The number of thiophene rings is 1. The molecular formula is C16H18FN5O3S. The van der Waals surface area contributed by atoms with Gasteiger partial charge < -0.3 is 0 Å². The van der Waals surface area contributed by atoms with Crippen molar-refractivity contribution in [2.45, 2.75) is 45.3 Å². The lowest BCUT2D eigenvalue weighted by Gasteiger charge is -2.10. The minimum absolute atomic E-state index is 0.0623. The highest BCUT2D eigenvalue weighted by Crippen LogP contribution is 2.34. The lowest BCUT2D eigenvalue weighted by atomic mass is 10.2. The number of hydrogen-bond donors (Lipinski definition) is 1. The van der Waals surface area contributed by atoms with E-state index >= 15 is 0 Å². The molecule has 1 N–H and O–H groups in total. The van der Waals surface area contributed by atoms with E-state index in [1.54, 1.807) is 0 Å². The van der Waals surface area contributed by atoms with E-state index in [1.807, 2.05) is 6.92 Å². The van der Waals surface area contributed by atoms with E-state index in [0.29, 0.717) is 10.2 Å². The highest BCUT2D eigenvalue weighted by atomic mass is 32.1. The predicted molar refractivity (Wildman–Crippen MR) is 95.9 cm³/mol. The summed E-state index contributed by atoms with van der Waals surface area (Å²) in [6.07, 6.45) is 3.14. The molecule has 26 heavy (non-hydrogen) atoms. The van der Waals surface area contributed by atoms with Gasteiger partial charge in [0.2, 0.25) is 0 Å². The SMILES string of the molecule is Cc1c(Cn2nc[nH]c2=O)sc2c1c(=O)n(C1CC1)c(=O)n2CCCF. The predicted octanol–water partition coefficient (Wildman–Crippen LogP) is 1.16. The zero-order chi connectivity index (χ0) is 18.4. The van der Waals surface area contributed by atoms with Crippen LogP contribution in [0.4, 0.5) is 4.39 Å². The van der Waals surface area contributed by atoms with E-state index in [9.17, 15) is 18.8 Å². The fraction of sp³-hybridized carbons (Fsp3) is 0.500. The molecule has 1 fully saturated rings. The largest absolute Gasteiger partial charge is 0.343 e. The molecule has 0 amide bonds. The summed E-state index contributed by atoms with van der Waals surface area (Å²) in [6, 6.07) is -0.0623. The van der Waals surface area contributed by atoms with Crippen molar-refractivity contribution in [1.82, 2.24) is 23.9 Å². The second-order valence-electron chi connectivity index (χ2n) is 6.47. The molecule has 0 aliphatic heterocycles. The van der Waals surface area contributed by atoms with Gasteiger partial charge in [0, 0.05) is 17.5 Å². The highest BCUT2D eigenvalue weighted by Gasteiger charge is 2.30. The van der Waals surface area contributed by atoms with Crippen LogP contribution in [0.1, 0.15) is 35.7 Å². The van der Waals surface area contributed by atoms with Crippen LogP contribution < -0.4 is 16.9 Å². The van der Waals surface area contributed by atoms with Gasteiger partial charge in [0.05, 0.1) is 18.6 Å². The zero-order valence-electron chi connectivity index (χ0n) is 14.2. The molecule has 4 rings (SSSR count). The molecule has 0 atom stereocenters. The van der Waals surface area contributed by atoms with Crippen LogP contribution in [0.2, 0.25) is 0 Å². The molecule has 0 spiro atoms. The maximum Gasteiger partial charge on any atom is 0.343 e. The van der Waals surface area contributed by atoms with Crippen LogP contribution in [0.5, 0.6) is 0 Å². The summed E-state index contributed by atoms with van der Waals surface area (Å²) in [5.74, 6) is 0. The van der Waals surface area contributed by atoms with E-state index in [1.165, 1.54) is 31.5 Å². The number of aromatic nitrogens is 5. The van der Waals surface area contributed by atoms with Crippen molar-refractivity contribution in [3.05, 3.63) is 48.1 Å². The van der Waals surface area contributed by atoms with Gasteiger partial charge in [-0.25, -0.2) is 14.3 Å². The average Bonchev–Trinajstić information content (AvgIpc) is 3.28. The molecule has 1 aliphatic carbocycles. The normalized spacial score (nSPS) is 14.4. The third kappa shape index (κ3) is 2.64. The Morgan fingerprint density at radius 3 is 2.73 bits per heavy atom. The standard InChI is InChI=1S/C16H18FN5O3S/c1-9-11(7-21-15(24)18-8-19-21)26-14-12(9)13(23)22(10-3-4-10)16(25)20(14)6-2-5-17/h8,10H,2-7H2,1H3,(H,18,19,24). The van der Waals surface area contributed by atoms with Crippen molar-refractivity contribution in [2.24, 2.45) is 0 Å². The number of hydrogen-bond acceptors (Lipinski definition) is 5. The van der Waals surface area contributed by atoms with E-state index in [-0.39, 0.29) is 42.5 Å². The van der Waals surface area contributed by atoms with E-state index < -0.39 is 6.67 Å². The van der Waals surface area contributed by atoms with E-state index in [4.69, 9.17) is 0 Å². The Morgan fingerprint density at radius 2 is 2.12 bits per heavy atom. The van der Waals surface area contributed by atoms with Crippen LogP contribution in [-0.4, -0.2) is 30.6 Å². The van der Waals surface area contributed by atoms with Crippen molar-refractivity contribution < 1.29 is 4.39 Å². The Balaban J connectivity index is 1.95. The van der Waals surface area contributed by atoms with Gasteiger partial charge >= 0.3 is 11.4 Å². The van der Waals surface area contributed by atoms with Crippen LogP contribution in [-0.2, 0) is 13.1 Å². The molecule has 3 heterocycles. The molecular weight excluding hydrogens is 361 g/mol. The lowest BCUT2D eigenvalue weighted by molar-refractivity contribution is 0.440. The monoisotopic (exact) mass is 379 g/mol. The fourth-order valence-electron chi connectivity index (χ4n) is 3.16. The summed E-state index contributed by atoms with van der Waals surface area (Å²) >= 11 is 1.29. The lowest BCUT2D eigenvalue weighted by Crippen LogP contribution is -2.39. The molecule has 0 unspecified atom stereocenters. The van der Waals surface area contributed by atoms with Crippen molar-refractivity contribution >= 4 is 21.6 Å². The molecule has 3 aromatic heterocycles. The maximum atomic E-state index is 13.0. The summed E-state index contributed by atoms with van der Waals surface area (Å²) in [5.41, 5.74) is -0.262. The first-order valence-corrected chi connectivity index (χ1v) is 9.28. The number of rotatable bonds is 6. The second-order valence-corrected chi connectivity index (χ2v) is 7.55.